The molecule has 5 nitrogen and oxygen atoms in total. The van der Waals surface area contributed by atoms with Crippen molar-refractivity contribution in [3.63, 3.8) is 0 Å². The summed E-state index contributed by atoms with van der Waals surface area (Å²) in [6, 6.07) is 6.60. The van der Waals surface area contributed by atoms with Gasteiger partial charge in [0.05, 0.1) is 0 Å². The van der Waals surface area contributed by atoms with Crippen molar-refractivity contribution in [1.29, 1.82) is 0 Å². The Kier molecular flexibility index (Phi) is 7.10. The van der Waals surface area contributed by atoms with Crippen LogP contribution in [0, 0.1) is 23.4 Å². The highest BCUT2D eigenvalue weighted by Gasteiger charge is 2.25. The summed E-state index contributed by atoms with van der Waals surface area (Å²) in [5, 5.41) is 11.7. The number of hydrogen-bond donors (Lipinski definition) is 3. The predicted molar refractivity (Wildman–Crippen MR) is 104 cm³/mol. The quantitative estimate of drug-likeness (QED) is 0.368. The van der Waals surface area contributed by atoms with E-state index in [1.807, 2.05) is 0 Å². The molecule has 30 heavy (non-hydrogen) atoms. The second-order valence-corrected chi connectivity index (χ2v) is 7.56. The summed E-state index contributed by atoms with van der Waals surface area (Å²) in [5.41, 5.74) is 2.45. The number of carbonyl (C=O) groups is 2. The topological polar surface area (TPSA) is 78.4 Å². The van der Waals surface area contributed by atoms with Crippen LogP contribution in [0.5, 0.6) is 0 Å². The predicted octanol–water partition coefficient (Wildman–Crippen LogP) is 4.40. The largest absolute Gasteiger partial charge is 0.340 e. The molecule has 160 valence electrons. The number of nitrogens with one attached hydrogen (secondary N) is 2. The zero-order chi connectivity index (χ0) is 21.7. The smallest absolute Gasteiger partial charge is 0.270 e. The Hall–Kier alpha value is -2.87. The van der Waals surface area contributed by atoms with E-state index in [0.717, 1.165) is 37.8 Å². The van der Waals surface area contributed by atoms with Gasteiger partial charge in [0.1, 0.15) is 6.04 Å². The van der Waals surface area contributed by atoms with E-state index in [1.165, 1.54) is 30.7 Å². The molecule has 0 aromatic heterocycles. The molecule has 0 saturated heterocycles. The van der Waals surface area contributed by atoms with Crippen LogP contribution in [0.2, 0.25) is 0 Å². The van der Waals surface area contributed by atoms with Gasteiger partial charge < -0.3 is 5.32 Å². The van der Waals surface area contributed by atoms with Crippen LogP contribution in [0.15, 0.2) is 36.4 Å². The van der Waals surface area contributed by atoms with Gasteiger partial charge in [0.15, 0.2) is 17.5 Å². The SMILES string of the molecule is O=C(CC1CCCCC1)NC(C(=O)NO)c1ccc(-c2cc(F)c(F)c(F)c2)cc1. The monoisotopic (exact) mass is 420 g/mol. The summed E-state index contributed by atoms with van der Waals surface area (Å²) in [7, 11) is 0. The number of hydrogen-bond acceptors (Lipinski definition) is 3. The van der Waals surface area contributed by atoms with Gasteiger partial charge in [-0.05, 0) is 47.6 Å². The molecule has 0 aliphatic heterocycles. The summed E-state index contributed by atoms with van der Waals surface area (Å²) in [5.74, 6) is -4.97. The van der Waals surface area contributed by atoms with Gasteiger partial charge in [-0.3, -0.25) is 14.8 Å². The van der Waals surface area contributed by atoms with Crippen molar-refractivity contribution in [2.24, 2.45) is 5.92 Å². The minimum atomic E-state index is -1.55. The zero-order valence-electron chi connectivity index (χ0n) is 16.3. The third kappa shape index (κ3) is 5.18. The lowest BCUT2D eigenvalue weighted by molar-refractivity contribution is -0.135. The summed E-state index contributed by atoms with van der Waals surface area (Å²) in [4.78, 5) is 24.5. The molecule has 2 aromatic rings. The maximum Gasteiger partial charge on any atom is 0.270 e. The number of rotatable bonds is 6. The van der Waals surface area contributed by atoms with E-state index in [1.54, 1.807) is 5.48 Å². The molecule has 1 fully saturated rings. The van der Waals surface area contributed by atoms with Crippen LogP contribution in [0.1, 0.15) is 50.1 Å². The van der Waals surface area contributed by atoms with E-state index in [0.29, 0.717) is 17.5 Å². The van der Waals surface area contributed by atoms with Crippen molar-refractivity contribution in [1.82, 2.24) is 10.8 Å². The van der Waals surface area contributed by atoms with Gasteiger partial charge >= 0.3 is 0 Å². The number of benzene rings is 2. The molecule has 1 atom stereocenters. The maximum absolute atomic E-state index is 13.5. The van der Waals surface area contributed by atoms with Crippen LogP contribution in [0.4, 0.5) is 13.2 Å². The fourth-order valence-corrected chi connectivity index (χ4v) is 3.83. The summed E-state index contributed by atoms with van der Waals surface area (Å²) < 4.78 is 40.1. The first-order valence-electron chi connectivity index (χ1n) is 9.87. The minimum absolute atomic E-state index is 0.127. The first-order chi connectivity index (χ1) is 14.4. The lowest BCUT2D eigenvalue weighted by atomic mass is 9.86. The van der Waals surface area contributed by atoms with Gasteiger partial charge in [0.2, 0.25) is 5.91 Å². The highest BCUT2D eigenvalue weighted by atomic mass is 19.2. The van der Waals surface area contributed by atoms with Gasteiger partial charge in [0.25, 0.3) is 5.91 Å². The molecule has 3 rings (SSSR count). The molecule has 8 heteroatoms. The Morgan fingerprint density at radius 1 is 0.967 bits per heavy atom. The second-order valence-electron chi connectivity index (χ2n) is 7.56. The van der Waals surface area contributed by atoms with Crippen molar-refractivity contribution in [3.8, 4) is 11.1 Å². The van der Waals surface area contributed by atoms with Crippen molar-refractivity contribution in [2.45, 2.75) is 44.6 Å². The van der Waals surface area contributed by atoms with Crippen molar-refractivity contribution in [2.75, 3.05) is 0 Å². The van der Waals surface area contributed by atoms with E-state index in [4.69, 9.17) is 5.21 Å². The highest BCUT2D eigenvalue weighted by molar-refractivity contribution is 5.88. The van der Waals surface area contributed by atoms with Gasteiger partial charge in [0, 0.05) is 6.42 Å². The Labute approximate surface area is 172 Å². The van der Waals surface area contributed by atoms with Crippen LogP contribution in [0.25, 0.3) is 11.1 Å². The van der Waals surface area contributed by atoms with Gasteiger partial charge in [-0.1, -0.05) is 43.5 Å². The fraction of sp³-hybridized carbons (Fsp3) is 0.364. The second kappa shape index (κ2) is 9.75. The first-order valence-corrected chi connectivity index (χ1v) is 9.87. The fourth-order valence-electron chi connectivity index (χ4n) is 3.83. The molecule has 2 aromatic carbocycles. The zero-order valence-corrected chi connectivity index (χ0v) is 16.3. The molecule has 1 aliphatic carbocycles. The average Bonchev–Trinajstić information content (AvgIpc) is 2.76. The third-order valence-corrected chi connectivity index (χ3v) is 5.44. The Balaban J connectivity index is 1.76. The summed E-state index contributed by atoms with van der Waals surface area (Å²) >= 11 is 0. The van der Waals surface area contributed by atoms with E-state index in [-0.39, 0.29) is 17.4 Å². The normalized spacial score (nSPS) is 15.5. The van der Waals surface area contributed by atoms with E-state index in [9.17, 15) is 22.8 Å². The number of hydroxylamine groups is 1. The first kappa shape index (κ1) is 21.8. The number of carbonyl (C=O) groups excluding carboxylic acids is 2. The molecule has 0 spiro atoms. The van der Waals surface area contributed by atoms with Gasteiger partial charge in [-0.25, -0.2) is 18.7 Å². The van der Waals surface area contributed by atoms with E-state index in [2.05, 4.69) is 5.32 Å². The molecule has 3 N–H and O–H groups in total. The van der Waals surface area contributed by atoms with Crippen molar-refractivity contribution in [3.05, 3.63) is 59.4 Å². The Bertz CT molecular complexity index is 889. The molecule has 2 amide bonds. The minimum Gasteiger partial charge on any atom is -0.340 e. The Morgan fingerprint density at radius 2 is 1.57 bits per heavy atom. The molecule has 0 radical (unpaired) electrons. The van der Waals surface area contributed by atoms with Crippen LogP contribution in [-0.2, 0) is 9.59 Å². The number of halogens is 3. The van der Waals surface area contributed by atoms with E-state index >= 15 is 0 Å². The van der Waals surface area contributed by atoms with Gasteiger partial charge in [-0.15, -0.1) is 0 Å². The highest BCUT2D eigenvalue weighted by Crippen LogP contribution is 2.28. The summed E-state index contributed by atoms with van der Waals surface area (Å²) in [6.07, 6.45) is 5.60. The Morgan fingerprint density at radius 3 is 2.13 bits per heavy atom. The lowest BCUT2D eigenvalue weighted by Gasteiger charge is -2.23. The number of amides is 2. The van der Waals surface area contributed by atoms with Crippen molar-refractivity contribution < 1.29 is 28.0 Å². The molecular formula is C22H23F3N2O3. The standard InChI is InChI=1S/C22H23F3N2O3/c23-17-11-16(12-18(24)20(17)25)14-6-8-15(9-7-14)21(22(29)27-30)26-19(28)10-13-4-2-1-3-5-13/h6-9,11-13,21,30H,1-5,10H2,(H,26,28)(H,27,29). The lowest BCUT2D eigenvalue weighted by Crippen LogP contribution is -2.39. The molecule has 1 unspecified atom stereocenters. The summed E-state index contributed by atoms with van der Waals surface area (Å²) in [6.45, 7) is 0. The molecule has 0 heterocycles. The maximum atomic E-state index is 13.5. The molecule has 0 bridgehead atoms. The molecule has 1 saturated carbocycles. The third-order valence-electron chi connectivity index (χ3n) is 5.44. The molecular weight excluding hydrogens is 397 g/mol. The van der Waals surface area contributed by atoms with Crippen LogP contribution in [0.3, 0.4) is 0 Å². The van der Waals surface area contributed by atoms with Crippen molar-refractivity contribution >= 4 is 11.8 Å². The van der Waals surface area contributed by atoms with Crippen LogP contribution in [-0.4, -0.2) is 17.0 Å². The van der Waals surface area contributed by atoms with Crippen LogP contribution < -0.4 is 10.8 Å². The van der Waals surface area contributed by atoms with Crippen LogP contribution >= 0.6 is 0 Å². The van der Waals surface area contributed by atoms with E-state index < -0.39 is 29.4 Å². The van der Waals surface area contributed by atoms with Gasteiger partial charge in [-0.2, -0.15) is 0 Å². The molecule has 1 aliphatic rings. The average molecular weight is 420 g/mol.